The van der Waals surface area contributed by atoms with Gasteiger partial charge in [0.25, 0.3) is 0 Å². The van der Waals surface area contributed by atoms with Gasteiger partial charge in [0, 0.05) is 16.2 Å². The fourth-order valence-electron chi connectivity index (χ4n) is 0.973. The number of rotatable bonds is 1. The highest BCUT2D eigenvalue weighted by atomic mass is 79.9. The van der Waals surface area contributed by atoms with E-state index in [-0.39, 0.29) is 0 Å². The Labute approximate surface area is 78.4 Å². The van der Waals surface area contributed by atoms with Crippen molar-refractivity contribution in [3.8, 4) is 11.3 Å². The first-order valence-corrected chi connectivity index (χ1v) is 4.30. The fraction of sp³-hybridized carbons (Fsp3) is 0. The Morgan fingerprint density at radius 3 is 2.92 bits per heavy atom. The monoisotopic (exact) mass is 223 g/mol. The molecule has 0 aliphatic carbocycles. The van der Waals surface area contributed by atoms with Crippen molar-refractivity contribution in [1.29, 1.82) is 0 Å². The number of aromatic nitrogens is 1. The Kier molecular flexibility index (Phi) is 1.96. The van der Waals surface area contributed by atoms with E-state index in [1.807, 2.05) is 18.2 Å². The molecule has 60 valence electrons. The van der Waals surface area contributed by atoms with E-state index < -0.39 is 0 Å². The lowest BCUT2D eigenvalue weighted by molar-refractivity contribution is 0.568. The fourth-order valence-corrected chi connectivity index (χ4v) is 1.31. The lowest BCUT2D eigenvalue weighted by Crippen LogP contribution is -1.78. The van der Waals surface area contributed by atoms with Gasteiger partial charge in [-0.1, -0.05) is 15.9 Å². The molecule has 0 atom stereocenters. The van der Waals surface area contributed by atoms with Crippen LogP contribution in [0.15, 0.2) is 45.8 Å². The van der Waals surface area contributed by atoms with Crippen LogP contribution in [0.25, 0.3) is 11.3 Å². The SMILES string of the molecule is Brc1ccnc(-c2ccoc2)c1. The maximum Gasteiger partial charge on any atom is 0.0996 e. The van der Waals surface area contributed by atoms with Crippen molar-refractivity contribution in [3.63, 3.8) is 0 Å². The minimum absolute atomic E-state index is 0.915. The average molecular weight is 224 g/mol. The zero-order valence-electron chi connectivity index (χ0n) is 6.20. The van der Waals surface area contributed by atoms with Gasteiger partial charge in [0.05, 0.1) is 18.2 Å². The van der Waals surface area contributed by atoms with E-state index in [2.05, 4.69) is 20.9 Å². The van der Waals surface area contributed by atoms with Crippen LogP contribution in [0.4, 0.5) is 0 Å². The summed E-state index contributed by atoms with van der Waals surface area (Å²) >= 11 is 3.38. The number of nitrogens with zero attached hydrogens (tertiary/aromatic N) is 1. The van der Waals surface area contributed by atoms with Gasteiger partial charge in [-0.3, -0.25) is 4.98 Å². The Bertz CT molecular complexity index is 370. The summed E-state index contributed by atoms with van der Waals surface area (Å²) < 4.78 is 5.98. The number of furan rings is 1. The zero-order chi connectivity index (χ0) is 8.39. The van der Waals surface area contributed by atoms with Crippen molar-refractivity contribution in [1.82, 2.24) is 4.98 Å². The molecule has 0 saturated carbocycles. The number of halogens is 1. The van der Waals surface area contributed by atoms with E-state index in [0.717, 1.165) is 15.7 Å². The second kappa shape index (κ2) is 3.11. The molecule has 0 amide bonds. The van der Waals surface area contributed by atoms with Gasteiger partial charge in [-0.15, -0.1) is 0 Å². The smallest absolute Gasteiger partial charge is 0.0996 e. The van der Waals surface area contributed by atoms with Crippen LogP contribution in [-0.4, -0.2) is 4.98 Å². The van der Waals surface area contributed by atoms with Crippen molar-refractivity contribution in [2.45, 2.75) is 0 Å². The number of pyridine rings is 1. The summed E-state index contributed by atoms with van der Waals surface area (Å²) in [5, 5.41) is 0. The number of hydrogen-bond acceptors (Lipinski definition) is 2. The molecule has 2 heterocycles. The summed E-state index contributed by atoms with van der Waals surface area (Å²) in [4.78, 5) is 4.19. The summed E-state index contributed by atoms with van der Waals surface area (Å²) in [6.07, 6.45) is 5.07. The molecule has 0 spiro atoms. The van der Waals surface area contributed by atoms with Crippen LogP contribution in [0.3, 0.4) is 0 Å². The van der Waals surface area contributed by atoms with E-state index in [1.165, 1.54) is 0 Å². The van der Waals surface area contributed by atoms with E-state index >= 15 is 0 Å². The Hall–Kier alpha value is -1.09. The molecule has 2 rings (SSSR count). The molecule has 2 aromatic heterocycles. The molecule has 2 nitrogen and oxygen atoms in total. The van der Waals surface area contributed by atoms with Gasteiger partial charge in [0.2, 0.25) is 0 Å². The van der Waals surface area contributed by atoms with Crippen LogP contribution >= 0.6 is 15.9 Å². The summed E-state index contributed by atoms with van der Waals surface area (Å²) in [5.41, 5.74) is 1.91. The molecule has 0 aliphatic rings. The summed E-state index contributed by atoms with van der Waals surface area (Å²) in [6, 6.07) is 5.73. The van der Waals surface area contributed by atoms with Gasteiger partial charge in [0.15, 0.2) is 0 Å². The molecule has 0 saturated heterocycles. The zero-order valence-corrected chi connectivity index (χ0v) is 7.78. The van der Waals surface area contributed by atoms with Gasteiger partial charge in [-0.2, -0.15) is 0 Å². The minimum Gasteiger partial charge on any atom is -0.472 e. The Morgan fingerprint density at radius 2 is 2.25 bits per heavy atom. The Balaban J connectivity index is 2.48. The molecular formula is C9H6BrNO. The predicted molar refractivity (Wildman–Crippen MR) is 49.6 cm³/mol. The second-order valence-electron chi connectivity index (χ2n) is 2.37. The summed E-state index contributed by atoms with van der Waals surface area (Å²) in [7, 11) is 0. The molecule has 0 N–H and O–H groups in total. The number of hydrogen-bond donors (Lipinski definition) is 0. The normalized spacial score (nSPS) is 10.1. The molecule has 0 radical (unpaired) electrons. The molecule has 0 unspecified atom stereocenters. The molecule has 12 heavy (non-hydrogen) atoms. The van der Waals surface area contributed by atoms with E-state index in [9.17, 15) is 0 Å². The standard InChI is InChI=1S/C9H6BrNO/c10-8-1-3-11-9(5-8)7-2-4-12-6-7/h1-6H. The van der Waals surface area contributed by atoms with Crippen LogP contribution in [0.1, 0.15) is 0 Å². The lowest BCUT2D eigenvalue weighted by atomic mass is 10.2. The van der Waals surface area contributed by atoms with Gasteiger partial charge in [0.1, 0.15) is 0 Å². The maximum atomic E-state index is 4.95. The van der Waals surface area contributed by atoms with Crippen molar-refractivity contribution >= 4 is 15.9 Å². The van der Waals surface area contributed by atoms with Crippen LogP contribution in [0, 0.1) is 0 Å². The highest BCUT2D eigenvalue weighted by molar-refractivity contribution is 9.10. The minimum atomic E-state index is 0.915. The van der Waals surface area contributed by atoms with Crippen molar-refractivity contribution in [2.75, 3.05) is 0 Å². The third-order valence-corrected chi connectivity index (χ3v) is 2.03. The third-order valence-electron chi connectivity index (χ3n) is 1.54. The van der Waals surface area contributed by atoms with Crippen molar-refractivity contribution in [2.24, 2.45) is 0 Å². The van der Waals surface area contributed by atoms with Crippen LogP contribution in [0.5, 0.6) is 0 Å². The van der Waals surface area contributed by atoms with Crippen LogP contribution in [0.2, 0.25) is 0 Å². The molecule has 2 aromatic rings. The van der Waals surface area contributed by atoms with E-state index in [4.69, 9.17) is 4.42 Å². The van der Waals surface area contributed by atoms with Crippen molar-refractivity contribution in [3.05, 3.63) is 41.4 Å². The van der Waals surface area contributed by atoms with Gasteiger partial charge in [-0.25, -0.2) is 0 Å². The van der Waals surface area contributed by atoms with Crippen LogP contribution < -0.4 is 0 Å². The quantitative estimate of drug-likeness (QED) is 0.743. The van der Waals surface area contributed by atoms with Crippen molar-refractivity contribution < 1.29 is 4.42 Å². The third kappa shape index (κ3) is 1.41. The Morgan fingerprint density at radius 1 is 1.33 bits per heavy atom. The second-order valence-corrected chi connectivity index (χ2v) is 3.29. The molecule has 3 heteroatoms. The average Bonchev–Trinajstić information content (AvgIpc) is 2.56. The molecule has 0 fully saturated rings. The molecular weight excluding hydrogens is 218 g/mol. The first-order chi connectivity index (χ1) is 5.86. The van der Waals surface area contributed by atoms with E-state index in [0.29, 0.717) is 0 Å². The first kappa shape index (κ1) is 7.55. The summed E-state index contributed by atoms with van der Waals surface area (Å²) in [6.45, 7) is 0. The van der Waals surface area contributed by atoms with Crippen LogP contribution in [-0.2, 0) is 0 Å². The highest BCUT2D eigenvalue weighted by Gasteiger charge is 1.99. The molecule has 0 aliphatic heterocycles. The molecule has 0 bridgehead atoms. The maximum absolute atomic E-state index is 4.95. The summed E-state index contributed by atoms with van der Waals surface area (Å²) in [5.74, 6) is 0. The highest BCUT2D eigenvalue weighted by Crippen LogP contribution is 2.20. The van der Waals surface area contributed by atoms with Gasteiger partial charge < -0.3 is 4.42 Å². The topological polar surface area (TPSA) is 26.0 Å². The molecule has 0 aromatic carbocycles. The first-order valence-electron chi connectivity index (χ1n) is 3.50. The van der Waals surface area contributed by atoms with E-state index in [1.54, 1.807) is 18.7 Å². The lowest BCUT2D eigenvalue weighted by Gasteiger charge is -1.94. The van der Waals surface area contributed by atoms with Gasteiger partial charge >= 0.3 is 0 Å². The largest absolute Gasteiger partial charge is 0.472 e. The van der Waals surface area contributed by atoms with Gasteiger partial charge in [-0.05, 0) is 18.2 Å². The predicted octanol–water partition coefficient (Wildman–Crippen LogP) is 3.10.